The van der Waals surface area contributed by atoms with E-state index in [4.69, 9.17) is 11.6 Å². The van der Waals surface area contributed by atoms with Gasteiger partial charge < -0.3 is 4.90 Å². The zero-order valence-corrected chi connectivity index (χ0v) is 13.4. The lowest BCUT2D eigenvalue weighted by Crippen LogP contribution is -2.39. The smallest absolute Gasteiger partial charge is 0.276 e. The van der Waals surface area contributed by atoms with Gasteiger partial charge in [-0.15, -0.1) is 0 Å². The van der Waals surface area contributed by atoms with E-state index in [2.05, 4.69) is 22.2 Å². The van der Waals surface area contributed by atoms with E-state index >= 15 is 0 Å². The first-order chi connectivity index (χ1) is 10.7. The van der Waals surface area contributed by atoms with E-state index in [-0.39, 0.29) is 11.9 Å². The summed E-state index contributed by atoms with van der Waals surface area (Å²) in [6.07, 6.45) is 7.44. The summed E-state index contributed by atoms with van der Waals surface area (Å²) in [6, 6.07) is 1.95. The molecular formula is C15H20ClN5O. The van der Waals surface area contributed by atoms with Crippen molar-refractivity contribution in [3.05, 3.63) is 34.9 Å². The van der Waals surface area contributed by atoms with Crippen LogP contribution >= 0.6 is 11.6 Å². The van der Waals surface area contributed by atoms with Gasteiger partial charge in [0.1, 0.15) is 0 Å². The van der Waals surface area contributed by atoms with Crippen molar-refractivity contribution < 1.29 is 4.79 Å². The summed E-state index contributed by atoms with van der Waals surface area (Å²) in [7, 11) is 0. The van der Waals surface area contributed by atoms with Crippen LogP contribution < -0.4 is 0 Å². The SMILES string of the molecule is CCCn1cc(Cl)c(C(=O)N2CCCCC2c2ccn[nH]2)n1. The fourth-order valence-corrected chi connectivity index (χ4v) is 3.20. The molecule has 1 unspecified atom stereocenters. The largest absolute Gasteiger partial charge is 0.329 e. The average Bonchev–Trinajstić information content (AvgIpc) is 3.17. The Morgan fingerprint density at radius 1 is 1.50 bits per heavy atom. The van der Waals surface area contributed by atoms with Gasteiger partial charge in [-0.1, -0.05) is 18.5 Å². The molecule has 1 fully saturated rings. The molecule has 3 heterocycles. The Morgan fingerprint density at radius 2 is 2.36 bits per heavy atom. The molecule has 2 aromatic heterocycles. The second-order valence-corrected chi connectivity index (χ2v) is 6.02. The summed E-state index contributed by atoms with van der Waals surface area (Å²) in [5.41, 5.74) is 1.32. The standard InChI is InChI=1S/C15H20ClN5O/c1-2-8-20-10-11(16)14(19-20)15(22)21-9-4-3-5-13(21)12-6-7-17-18-12/h6-7,10,13H,2-5,8-9H2,1H3,(H,17,18). The molecule has 1 aliphatic rings. The minimum atomic E-state index is -0.0980. The Morgan fingerprint density at radius 3 is 3.09 bits per heavy atom. The maximum atomic E-state index is 12.9. The second kappa shape index (κ2) is 6.52. The van der Waals surface area contributed by atoms with Crippen LogP contribution in [-0.4, -0.2) is 37.3 Å². The number of aromatic amines is 1. The van der Waals surface area contributed by atoms with Gasteiger partial charge >= 0.3 is 0 Å². The van der Waals surface area contributed by atoms with Gasteiger partial charge in [0.15, 0.2) is 5.69 Å². The molecule has 6 nitrogen and oxygen atoms in total. The number of carbonyl (C=O) groups is 1. The first kappa shape index (κ1) is 15.1. The lowest BCUT2D eigenvalue weighted by molar-refractivity contribution is 0.0599. The molecular weight excluding hydrogens is 302 g/mol. The highest BCUT2D eigenvalue weighted by Gasteiger charge is 2.31. The number of nitrogens with one attached hydrogen (secondary N) is 1. The van der Waals surface area contributed by atoms with E-state index in [1.54, 1.807) is 17.1 Å². The van der Waals surface area contributed by atoms with E-state index in [9.17, 15) is 4.79 Å². The van der Waals surface area contributed by atoms with E-state index in [0.717, 1.165) is 44.5 Å². The third kappa shape index (κ3) is 2.88. The zero-order valence-electron chi connectivity index (χ0n) is 12.6. The van der Waals surface area contributed by atoms with Crippen LogP contribution in [-0.2, 0) is 6.54 Å². The van der Waals surface area contributed by atoms with Crippen LogP contribution in [0.2, 0.25) is 5.02 Å². The summed E-state index contributed by atoms with van der Waals surface area (Å²) in [4.78, 5) is 14.7. The van der Waals surface area contributed by atoms with Gasteiger partial charge in [-0.25, -0.2) is 0 Å². The number of likely N-dealkylation sites (tertiary alicyclic amines) is 1. The molecule has 7 heteroatoms. The number of aromatic nitrogens is 4. The molecule has 1 atom stereocenters. The Hall–Kier alpha value is -1.82. The maximum absolute atomic E-state index is 12.9. The number of nitrogens with zero attached hydrogens (tertiary/aromatic N) is 4. The van der Waals surface area contributed by atoms with Gasteiger partial charge in [0.25, 0.3) is 5.91 Å². The monoisotopic (exact) mass is 321 g/mol. The molecule has 0 aromatic carbocycles. The number of H-pyrrole nitrogens is 1. The van der Waals surface area contributed by atoms with Crippen molar-refractivity contribution in [2.24, 2.45) is 0 Å². The third-order valence-electron chi connectivity index (χ3n) is 4.02. The van der Waals surface area contributed by atoms with Crippen molar-refractivity contribution in [1.82, 2.24) is 24.9 Å². The highest BCUT2D eigenvalue weighted by atomic mass is 35.5. The number of rotatable bonds is 4. The fourth-order valence-electron chi connectivity index (χ4n) is 2.97. The minimum Gasteiger partial charge on any atom is -0.329 e. The van der Waals surface area contributed by atoms with Gasteiger partial charge in [0.2, 0.25) is 0 Å². The number of hydrogen-bond donors (Lipinski definition) is 1. The topological polar surface area (TPSA) is 66.8 Å². The van der Waals surface area contributed by atoms with Crippen molar-refractivity contribution in [2.75, 3.05) is 6.54 Å². The molecule has 2 aromatic rings. The van der Waals surface area contributed by atoms with Gasteiger partial charge in [-0.05, 0) is 31.7 Å². The number of aryl methyl sites for hydroxylation is 1. The van der Waals surface area contributed by atoms with Gasteiger partial charge in [-0.2, -0.15) is 10.2 Å². The summed E-state index contributed by atoms with van der Waals surface area (Å²) >= 11 is 6.22. The second-order valence-electron chi connectivity index (χ2n) is 5.61. The Balaban J connectivity index is 1.86. The maximum Gasteiger partial charge on any atom is 0.276 e. The van der Waals surface area contributed by atoms with Gasteiger partial charge in [-0.3, -0.25) is 14.6 Å². The highest BCUT2D eigenvalue weighted by Crippen LogP contribution is 2.31. The summed E-state index contributed by atoms with van der Waals surface area (Å²) in [5.74, 6) is -0.0980. The highest BCUT2D eigenvalue weighted by molar-refractivity contribution is 6.33. The summed E-state index contributed by atoms with van der Waals surface area (Å²) in [6.45, 7) is 3.55. The van der Waals surface area contributed by atoms with E-state index in [0.29, 0.717) is 10.7 Å². The van der Waals surface area contributed by atoms with E-state index in [1.165, 1.54) is 0 Å². The average molecular weight is 322 g/mol. The molecule has 0 bridgehead atoms. The van der Waals surface area contributed by atoms with Crippen molar-refractivity contribution >= 4 is 17.5 Å². The minimum absolute atomic E-state index is 0.0242. The molecule has 0 spiro atoms. The predicted octanol–water partition coefficient (Wildman–Crippen LogP) is 3.04. The van der Waals surface area contributed by atoms with Crippen LogP contribution in [0.3, 0.4) is 0 Å². The molecule has 22 heavy (non-hydrogen) atoms. The first-order valence-corrected chi connectivity index (χ1v) is 8.11. The normalized spacial score (nSPS) is 18.6. The number of piperidine rings is 1. The molecule has 0 saturated carbocycles. The molecule has 1 aliphatic heterocycles. The van der Waals surface area contributed by atoms with E-state index < -0.39 is 0 Å². The summed E-state index contributed by atoms with van der Waals surface area (Å²) in [5, 5.41) is 11.8. The first-order valence-electron chi connectivity index (χ1n) is 7.74. The Kier molecular flexibility index (Phi) is 4.47. The molecule has 1 N–H and O–H groups in total. The fraction of sp³-hybridized carbons (Fsp3) is 0.533. The van der Waals surface area contributed by atoms with Crippen LogP contribution in [0.15, 0.2) is 18.5 Å². The number of hydrogen-bond acceptors (Lipinski definition) is 3. The van der Waals surface area contributed by atoms with E-state index in [1.807, 2.05) is 11.0 Å². The van der Waals surface area contributed by atoms with Crippen LogP contribution in [0.4, 0.5) is 0 Å². The lowest BCUT2D eigenvalue weighted by atomic mass is 9.99. The van der Waals surface area contributed by atoms with Crippen LogP contribution in [0, 0.1) is 0 Å². The number of halogens is 1. The van der Waals surface area contributed by atoms with Crippen molar-refractivity contribution in [2.45, 2.75) is 45.2 Å². The van der Waals surface area contributed by atoms with Crippen LogP contribution in [0.25, 0.3) is 0 Å². The zero-order chi connectivity index (χ0) is 15.5. The molecule has 0 aliphatic carbocycles. The van der Waals surface area contributed by atoms with Crippen LogP contribution in [0.1, 0.15) is 54.8 Å². The molecule has 118 valence electrons. The van der Waals surface area contributed by atoms with Crippen LogP contribution in [0.5, 0.6) is 0 Å². The van der Waals surface area contributed by atoms with Crippen molar-refractivity contribution in [3.8, 4) is 0 Å². The molecule has 0 radical (unpaired) electrons. The molecule has 1 amide bonds. The molecule has 1 saturated heterocycles. The van der Waals surface area contributed by atoms with Crippen molar-refractivity contribution in [3.63, 3.8) is 0 Å². The van der Waals surface area contributed by atoms with Gasteiger partial charge in [0.05, 0.1) is 16.8 Å². The Bertz CT molecular complexity index is 636. The summed E-state index contributed by atoms with van der Waals surface area (Å²) < 4.78 is 1.74. The third-order valence-corrected chi connectivity index (χ3v) is 4.29. The predicted molar refractivity (Wildman–Crippen MR) is 83.7 cm³/mol. The van der Waals surface area contributed by atoms with Crippen molar-refractivity contribution in [1.29, 1.82) is 0 Å². The number of carbonyl (C=O) groups excluding carboxylic acids is 1. The number of amides is 1. The lowest BCUT2D eigenvalue weighted by Gasteiger charge is -2.34. The Labute approximate surface area is 134 Å². The van der Waals surface area contributed by atoms with Gasteiger partial charge in [0, 0.05) is 25.5 Å². The quantitative estimate of drug-likeness (QED) is 0.941. The molecule has 3 rings (SSSR count).